The summed E-state index contributed by atoms with van der Waals surface area (Å²) in [4.78, 5) is 16.8. The molecule has 19 heavy (non-hydrogen) atoms. The van der Waals surface area contributed by atoms with Crippen LogP contribution in [0.25, 0.3) is 0 Å². The van der Waals surface area contributed by atoms with E-state index in [9.17, 15) is 4.79 Å². The number of hydrogen-bond donors (Lipinski definition) is 1. The van der Waals surface area contributed by atoms with Crippen LogP contribution < -0.4 is 5.73 Å². The first-order chi connectivity index (χ1) is 9.04. The summed E-state index contributed by atoms with van der Waals surface area (Å²) < 4.78 is 0. The smallest absolute Gasteiger partial charge is 0.236 e. The van der Waals surface area contributed by atoms with Gasteiger partial charge in [-0.05, 0) is 37.5 Å². The lowest BCUT2D eigenvalue weighted by atomic mass is 10.3. The number of thiocarbonyl (C=S) groups is 1. The van der Waals surface area contributed by atoms with Crippen LogP contribution in [0.2, 0.25) is 0 Å². The molecule has 0 aromatic heterocycles. The maximum Gasteiger partial charge on any atom is 0.236 e. The second kappa shape index (κ2) is 6.66. The van der Waals surface area contributed by atoms with E-state index >= 15 is 0 Å². The van der Waals surface area contributed by atoms with Gasteiger partial charge in [0.05, 0.1) is 11.5 Å². The molecular formula is C14H25N3OS. The van der Waals surface area contributed by atoms with Gasteiger partial charge in [0.2, 0.25) is 5.91 Å². The Bertz CT molecular complexity index is 326. The van der Waals surface area contributed by atoms with Crippen molar-refractivity contribution < 1.29 is 4.79 Å². The maximum absolute atomic E-state index is 12.2. The van der Waals surface area contributed by atoms with Gasteiger partial charge < -0.3 is 10.6 Å². The standard InChI is InChI=1S/C14H25N3OS/c1-16(7-6-13(15)19)14(18)10-17(8-11-2-3-11)9-12-4-5-12/h11-12H,2-10H2,1H3,(H2,15,19). The lowest BCUT2D eigenvalue weighted by Crippen LogP contribution is -2.41. The summed E-state index contributed by atoms with van der Waals surface area (Å²) >= 11 is 4.85. The Kier molecular flexibility index (Phi) is 5.16. The molecule has 2 rings (SSSR count). The van der Waals surface area contributed by atoms with Gasteiger partial charge in [-0.25, -0.2) is 0 Å². The fraction of sp³-hybridized carbons (Fsp3) is 0.857. The molecule has 2 saturated carbocycles. The molecule has 2 aliphatic rings. The van der Waals surface area contributed by atoms with Gasteiger partial charge in [0.25, 0.3) is 0 Å². The van der Waals surface area contributed by atoms with Crippen molar-refractivity contribution in [3.05, 3.63) is 0 Å². The molecule has 0 spiro atoms. The molecule has 2 fully saturated rings. The summed E-state index contributed by atoms with van der Waals surface area (Å²) in [6.07, 6.45) is 5.97. The van der Waals surface area contributed by atoms with E-state index in [4.69, 9.17) is 18.0 Å². The van der Waals surface area contributed by atoms with E-state index in [1.54, 1.807) is 4.90 Å². The van der Waals surface area contributed by atoms with Crippen LogP contribution in [-0.4, -0.2) is 53.9 Å². The van der Waals surface area contributed by atoms with E-state index in [1.807, 2.05) is 7.05 Å². The molecule has 1 amide bonds. The minimum Gasteiger partial charge on any atom is -0.393 e. The number of carbonyl (C=O) groups is 1. The highest BCUT2D eigenvalue weighted by Crippen LogP contribution is 2.33. The average Bonchev–Trinajstić information content (AvgIpc) is 3.21. The molecule has 0 unspecified atom stereocenters. The molecule has 0 atom stereocenters. The van der Waals surface area contributed by atoms with Crippen molar-refractivity contribution >= 4 is 23.1 Å². The zero-order valence-corrected chi connectivity index (χ0v) is 12.6. The number of amides is 1. The minimum absolute atomic E-state index is 0.192. The van der Waals surface area contributed by atoms with Crippen LogP contribution in [0, 0.1) is 11.8 Å². The SMILES string of the molecule is CN(CCC(N)=S)C(=O)CN(CC1CC1)CC1CC1. The van der Waals surface area contributed by atoms with E-state index in [0.29, 0.717) is 24.5 Å². The number of carbonyl (C=O) groups excluding carboxylic acids is 1. The monoisotopic (exact) mass is 283 g/mol. The molecule has 4 nitrogen and oxygen atoms in total. The predicted octanol–water partition coefficient (Wildman–Crippen LogP) is 1.24. The molecule has 2 aliphatic carbocycles. The van der Waals surface area contributed by atoms with Crippen molar-refractivity contribution in [2.45, 2.75) is 32.1 Å². The Labute approximate surface area is 121 Å². The molecule has 0 aromatic rings. The molecule has 2 N–H and O–H groups in total. The van der Waals surface area contributed by atoms with Crippen molar-refractivity contribution in [3.63, 3.8) is 0 Å². The Morgan fingerprint density at radius 2 is 1.74 bits per heavy atom. The molecule has 108 valence electrons. The Hall–Kier alpha value is -0.680. The highest BCUT2D eigenvalue weighted by molar-refractivity contribution is 7.80. The van der Waals surface area contributed by atoms with Crippen LogP contribution in [0.3, 0.4) is 0 Å². The number of rotatable bonds is 9. The molecule has 0 saturated heterocycles. The fourth-order valence-corrected chi connectivity index (χ4v) is 2.34. The van der Waals surface area contributed by atoms with Gasteiger partial charge in [-0.2, -0.15) is 0 Å². The minimum atomic E-state index is 0.192. The first-order valence-corrected chi connectivity index (χ1v) is 7.70. The molecule has 0 aromatic carbocycles. The lowest BCUT2D eigenvalue weighted by Gasteiger charge is -2.25. The van der Waals surface area contributed by atoms with Gasteiger partial charge in [-0.3, -0.25) is 9.69 Å². The lowest BCUT2D eigenvalue weighted by molar-refractivity contribution is -0.131. The summed E-state index contributed by atoms with van der Waals surface area (Å²) in [5.41, 5.74) is 5.47. The maximum atomic E-state index is 12.2. The first-order valence-electron chi connectivity index (χ1n) is 7.29. The zero-order chi connectivity index (χ0) is 13.8. The highest BCUT2D eigenvalue weighted by Gasteiger charge is 2.30. The van der Waals surface area contributed by atoms with Crippen molar-refractivity contribution in [3.8, 4) is 0 Å². The predicted molar refractivity (Wildman–Crippen MR) is 80.9 cm³/mol. The summed E-state index contributed by atoms with van der Waals surface area (Å²) in [5.74, 6) is 1.87. The van der Waals surface area contributed by atoms with E-state index < -0.39 is 0 Å². The van der Waals surface area contributed by atoms with Gasteiger partial charge in [0.1, 0.15) is 0 Å². The Balaban J connectivity index is 1.73. The highest BCUT2D eigenvalue weighted by atomic mass is 32.1. The Morgan fingerprint density at radius 3 is 2.16 bits per heavy atom. The summed E-state index contributed by atoms with van der Waals surface area (Å²) in [7, 11) is 1.84. The third-order valence-electron chi connectivity index (χ3n) is 3.90. The summed E-state index contributed by atoms with van der Waals surface area (Å²) in [5, 5.41) is 0. The van der Waals surface area contributed by atoms with Gasteiger partial charge in [-0.15, -0.1) is 0 Å². The van der Waals surface area contributed by atoms with Crippen LogP contribution in [0.15, 0.2) is 0 Å². The quantitative estimate of drug-likeness (QED) is 0.647. The second-order valence-electron chi connectivity index (χ2n) is 6.11. The topological polar surface area (TPSA) is 49.6 Å². The Morgan fingerprint density at radius 1 is 1.21 bits per heavy atom. The van der Waals surface area contributed by atoms with Crippen LogP contribution in [0.5, 0.6) is 0 Å². The van der Waals surface area contributed by atoms with Crippen molar-refractivity contribution in [2.24, 2.45) is 17.6 Å². The first kappa shape index (κ1) is 14.7. The molecule has 0 radical (unpaired) electrons. The van der Waals surface area contributed by atoms with Crippen molar-refractivity contribution in [1.82, 2.24) is 9.80 Å². The summed E-state index contributed by atoms with van der Waals surface area (Å²) in [6, 6.07) is 0. The normalized spacial score (nSPS) is 18.6. The van der Waals surface area contributed by atoms with E-state index in [-0.39, 0.29) is 5.91 Å². The number of hydrogen-bond acceptors (Lipinski definition) is 3. The third-order valence-corrected chi connectivity index (χ3v) is 4.11. The van der Waals surface area contributed by atoms with Crippen molar-refractivity contribution in [1.29, 1.82) is 0 Å². The molecular weight excluding hydrogens is 258 g/mol. The van der Waals surface area contributed by atoms with Gasteiger partial charge in [0, 0.05) is 33.1 Å². The van der Waals surface area contributed by atoms with E-state index in [2.05, 4.69) is 4.90 Å². The van der Waals surface area contributed by atoms with Gasteiger partial charge in [0.15, 0.2) is 0 Å². The van der Waals surface area contributed by atoms with Gasteiger partial charge in [-0.1, -0.05) is 12.2 Å². The fourth-order valence-electron chi connectivity index (χ4n) is 2.25. The van der Waals surface area contributed by atoms with Crippen LogP contribution in [0.4, 0.5) is 0 Å². The average molecular weight is 283 g/mol. The number of likely N-dealkylation sites (N-methyl/N-ethyl adjacent to an activating group) is 1. The van der Waals surface area contributed by atoms with Crippen molar-refractivity contribution in [2.75, 3.05) is 33.2 Å². The molecule has 0 bridgehead atoms. The number of nitrogens with two attached hydrogens (primary N) is 1. The van der Waals surface area contributed by atoms with E-state index in [1.165, 1.54) is 25.7 Å². The van der Waals surface area contributed by atoms with Crippen LogP contribution in [0.1, 0.15) is 32.1 Å². The van der Waals surface area contributed by atoms with Crippen LogP contribution in [-0.2, 0) is 4.79 Å². The van der Waals surface area contributed by atoms with Gasteiger partial charge >= 0.3 is 0 Å². The largest absolute Gasteiger partial charge is 0.393 e. The molecule has 0 aliphatic heterocycles. The molecule has 5 heteroatoms. The number of nitrogens with zero attached hydrogens (tertiary/aromatic N) is 2. The zero-order valence-electron chi connectivity index (χ0n) is 11.8. The third kappa shape index (κ3) is 5.87. The summed E-state index contributed by atoms with van der Waals surface area (Å²) in [6.45, 7) is 3.40. The van der Waals surface area contributed by atoms with E-state index in [0.717, 1.165) is 24.9 Å². The molecule has 0 heterocycles. The van der Waals surface area contributed by atoms with Crippen LogP contribution >= 0.6 is 12.2 Å². The second-order valence-corrected chi connectivity index (χ2v) is 6.64.